The molecule has 5 nitrogen and oxygen atoms in total. The molecule has 0 spiro atoms. The van der Waals surface area contributed by atoms with E-state index in [0.717, 1.165) is 24.2 Å². The monoisotopic (exact) mass is 302 g/mol. The van der Waals surface area contributed by atoms with Crippen molar-refractivity contribution in [3.63, 3.8) is 0 Å². The molecule has 0 bridgehead atoms. The van der Waals surface area contributed by atoms with Crippen molar-refractivity contribution >= 4 is 17.7 Å². The normalized spacial score (nSPS) is 14.2. The first-order valence-corrected chi connectivity index (χ1v) is 8.20. The lowest BCUT2D eigenvalue weighted by molar-refractivity contribution is 0.0773. The Balaban J connectivity index is 1.65. The van der Waals surface area contributed by atoms with Gasteiger partial charge < -0.3 is 4.90 Å². The van der Waals surface area contributed by atoms with Crippen LogP contribution in [0.25, 0.3) is 0 Å². The molecule has 1 aliphatic carbocycles. The first kappa shape index (κ1) is 14.1. The number of aromatic amines is 1. The molecule has 1 saturated carbocycles. The van der Waals surface area contributed by atoms with Crippen molar-refractivity contribution in [1.82, 2.24) is 20.1 Å². The van der Waals surface area contributed by atoms with Gasteiger partial charge in [-0.05, 0) is 36.8 Å². The van der Waals surface area contributed by atoms with Crippen LogP contribution in [0.15, 0.2) is 29.2 Å². The largest absolute Gasteiger partial charge is 0.335 e. The van der Waals surface area contributed by atoms with Gasteiger partial charge in [-0.1, -0.05) is 12.1 Å². The summed E-state index contributed by atoms with van der Waals surface area (Å²) in [6.45, 7) is 0.556. The molecule has 1 fully saturated rings. The molecule has 110 valence electrons. The number of nitrogens with one attached hydrogen (secondary N) is 1. The van der Waals surface area contributed by atoms with Gasteiger partial charge >= 0.3 is 0 Å². The summed E-state index contributed by atoms with van der Waals surface area (Å²) >= 11 is 1.71. The Bertz CT molecular complexity index is 633. The van der Waals surface area contributed by atoms with Crippen LogP contribution in [0.1, 0.15) is 40.8 Å². The minimum absolute atomic E-state index is 0.146. The maximum absolute atomic E-state index is 12.3. The summed E-state index contributed by atoms with van der Waals surface area (Å²) < 4.78 is 0. The van der Waals surface area contributed by atoms with Gasteiger partial charge in [0.25, 0.3) is 5.91 Å². The van der Waals surface area contributed by atoms with Crippen LogP contribution in [0.5, 0.6) is 0 Å². The van der Waals surface area contributed by atoms with E-state index in [0.29, 0.717) is 12.5 Å². The molecule has 0 atom stereocenters. The van der Waals surface area contributed by atoms with E-state index in [1.54, 1.807) is 23.7 Å². The van der Waals surface area contributed by atoms with Crippen molar-refractivity contribution in [3.05, 3.63) is 41.5 Å². The molecule has 21 heavy (non-hydrogen) atoms. The van der Waals surface area contributed by atoms with Gasteiger partial charge in [-0.15, -0.1) is 16.9 Å². The first-order valence-electron chi connectivity index (χ1n) is 6.98. The van der Waals surface area contributed by atoms with Crippen LogP contribution in [0.3, 0.4) is 0 Å². The lowest BCUT2D eigenvalue weighted by Crippen LogP contribution is -2.27. The lowest BCUT2D eigenvalue weighted by atomic mass is 10.2. The number of hydrogen-bond acceptors (Lipinski definition) is 4. The van der Waals surface area contributed by atoms with E-state index < -0.39 is 0 Å². The van der Waals surface area contributed by atoms with Crippen LogP contribution in [-0.2, 0) is 6.54 Å². The van der Waals surface area contributed by atoms with Gasteiger partial charge in [0.1, 0.15) is 5.82 Å². The number of carbonyl (C=O) groups excluding carboxylic acids is 1. The van der Waals surface area contributed by atoms with E-state index in [4.69, 9.17) is 0 Å². The molecule has 0 saturated heterocycles. The van der Waals surface area contributed by atoms with Crippen LogP contribution in [0, 0.1) is 0 Å². The molecular weight excluding hydrogens is 284 g/mol. The zero-order valence-corrected chi connectivity index (χ0v) is 13.0. The zero-order valence-electron chi connectivity index (χ0n) is 12.2. The average Bonchev–Trinajstić information content (AvgIpc) is 3.25. The predicted octanol–water partition coefficient (Wildman–Crippen LogP) is 2.68. The third kappa shape index (κ3) is 3.26. The van der Waals surface area contributed by atoms with Crippen molar-refractivity contribution in [1.29, 1.82) is 0 Å². The number of nitrogens with zero attached hydrogens (tertiary/aromatic N) is 3. The molecular formula is C15H18N4OS. The summed E-state index contributed by atoms with van der Waals surface area (Å²) in [4.78, 5) is 19.5. The van der Waals surface area contributed by atoms with E-state index in [9.17, 15) is 4.79 Å². The SMILES string of the molecule is CSc1ccc(CN(C)C(=O)c2n[nH]c(C3CC3)n2)cc1. The minimum atomic E-state index is -0.146. The summed E-state index contributed by atoms with van der Waals surface area (Å²) in [6, 6.07) is 8.22. The van der Waals surface area contributed by atoms with Gasteiger partial charge in [0.2, 0.25) is 5.82 Å². The number of rotatable bonds is 5. The number of benzene rings is 1. The maximum atomic E-state index is 12.3. The average molecular weight is 302 g/mol. The fourth-order valence-electron chi connectivity index (χ4n) is 2.16. The van der Waals surface area contributed by atoms with Crippen LogP contribution in [-0.4, -0.2) is 39.3 Å². The maximum Gasteiger partial charge on any atom is 0.293 e. The third-order valence-electron chi connectivity index (χ3n) is 3.58. The van der Waals surface area contributed by atoms with Crippen molar-refractivity contribution in [2.24, 2.45) is 0 Å². The van der Waals surface area contributed by atoms with Crippen molar-refractivity contribution < 1.29 is 4.79 Å². The number of H-pyrrole nitrogens is 1. The summed E-state index contributed by atoms with van der Waals surface area (Å²) in [5.74, 6) is 1.44. The number of amides is 1. The fourth-order valence-corrected chi connectivity index (χ4v) is 2.56. The summed E-state index contributed by atoms with van der Waals surface area (Å²) in [7, 11) is 1.78. The highest BCUT2D eigenvalue weighted by atomic mass is 32.2. The number of thioether (sulfide) groups is 1. The van der Waals surface area contributed by atoms with Crippen molar-refractivity contribution in [2.45, 2.75) is 30.2 Å². The summed E-state index contributed by atoms with van der Waals surface area (Å²) in [5.41, 5.74) is 1.10. The smallest absolute Gasteiger partial charge is 0.293 e. The second kappa shape index (κ2) is 5.89. The predicted molar refractivity (Wildman–Crippen MR) is 82.4 cm³/mol. The van der Waals surface area contributed by atoms with E-state index in [1.807, 2.05) is 18.4 Å². The highest BCUT2D eigenvalue weighted by Gasteiger charge is 2.28. The Morgan fingerprint density at radius 2 is 2.10 bits per heavy atom. The molecule has 0 radical (unpaired) electrons. The van der Waals surface area contributed by atoms with Gasteiger partial charge in [0, 0.05) is 24.4 Å². The molecule has 1 aromatic carbocycles. The van der Waals surface area contributed by atoms with E-state index in [1.165, 1.54) is 4.90 Å². The van der Waals surface area contributed by atoms with Crippen LogP contribution >= 0.6 is 11.8 Å². The number of carbonyl (C=O) groups is 1. The van der Waals surface area contributed by atoms with Gasteiger partial charge in [-0.25, -0.2) is 4.98 Å². The van der Waals surface area contributed by atoms with Gasteiger partial charge in [-0.2, -0.15) is 0 Å². The molecule has 1 N–H and O–H groups in total. The molecule has 0 aliphatic heterocycles. The zero-order chi connectivity index (χ0) is 14.8. The topological polar surface area (TPSA) is 61.9 Å². The fraction of sp³-hybridized carbons (Fsp3) is 0.400. The van der Waals surface area contributed by atoms with E-state index in [2.05, 4.69) is 27.3 Å². The summed E-state index contributed by atoms with van der Waals surface area (Å²) in [5, 5.41) is 6.91. The van der Waals surface area contributed by atoms with Crippen molar-refractivity contribution in [3.8, 4) is 0 Å². The van der Waals surface area contributed by atoms with Crippen molar-refractivity contribution in [2.75, 3.05) is 13.3 Å². The van der Waals surface area contributed by atoms with E-state index in [-0.39, 0.29) is 11.7 Å². The van der Waals surface area contributed by atoms with Crippen LogP contribution < -0.4 is 0 Å². The van der Waals surface area contributed by atoms with E-state index >= 15 is 0 Å². The standard InChI is InChI=1S/C15H18N4OS/c1-19(9-10-3-7-12(21-2)8-4-10)15(20)14-16-13(17-18-14)11-5-6-11/h3-4,7-8,11H,5-6,9H2,1-2H3,(H,16,17,18). The molecule has 6 heteroatoms. The first-order chi connectivity index (χ1) is 10.2. The van der Waals surface area contributed by atoms with Gasteiger partial charge in [0.05, 0.1) is 0 Å². The Kier molecular flexibility index (Phi) is 3.96. The highest BCUT2D eigenvalue weighted by Crippen LogP contribution is 2.37. The van der Waals surface area contributed by atoms with Gasteiger partial charge in [-0.3, -0.25) is 9.89 Å². The Labute approximate surface area is 128 Å². The number of aromatic nitrogens is 3. The molecule has 3 rings (SSSR count). The number of hydrogen-bond donors (Lipinski definition) is 1. The second-order valence-corrected chi connectivity index (χ2v) is 6.21. The van der Waals surface area contributed by atoms with Gasteiger partial charge in [0.15, 0.2) is 0 Å². The molecule has 1 heterocycles. The molecule has 1 aromatic heterocycles. The van der Waals surface area contributed by atoms with Crippen LogP contribution in [0.4, 0.5) is 0 Å². The Morgan fingerprint density at radius 3 is 2.71 bits per heavy atom. The lowest BCUT2D eigenvalue weighted by Gasteiger charge is -2.15. The molecule has 1 aliphatic rings. The third-order valence-corrected chi connectivity index (χ3v) is 4.33. The highest BCUT2D eigenvalue weighted by molar-refractivity contribution is 7.98. The molecule has 1 amide bonds. The van der Waals surface area contributed by atoms with Crippen LogP contribution in [0.2, 0.25) is 0 Å². The Morgan fingerprint density at radius 1 is 1.38 bits per heavy atom. The molecule has 0 unspecified atom stereocenters. The Hall–Kier alpha value is -1.82. The quantitative estimate of drug-likeness (QED) is 0.863. The summed E-state index contributed by atoms with van der Waals surface area (Å²) in [6.07, 6.45) is 4.33. The second-order valence-electron chi connectivity index (χ2n) is 5.33. The minimum Gasteiger partial charge on any atom is -0.335 e. The molecule has 2 aromatic rings.